The summed E-state index contributed by atoms with van der Waals surface area (Å²) in [5, 5.41) is 11.2. The summed E-state index contributed by atoms with van der Waals surface area (Å²) < 4.78 is 4.81. The number of benzene rings is 10. The molecule has 13 aromatic rings. The van der Waals surface area contributed by atoms with Gasteiger partial charge in [0.1, 0.15) is 0 Å². The van der Waals surface area contributed by atoms with Gasteiger partial charge in [0.15, 0.2) is 0 Å². The van der Waals surface area contributed by atoms with Crippen LogP contribution in [-0.4, -0.2) is 14.1 Å². The summed E-state index contributed by atoms with van der Waals surface area (Å²) >= 11 is 0. The van der Waals surface area contributed by atoms with Gasteiger partial charge in [0, 0.05) is 43.9 Å². The van der Waals surface area contributed by atoms with E-state index in [4.69, 9.17) is 4.98 Å². The summed E-state index contributed by atoms with van der Waals surface area (Å²) in [4.78, 5) is 5.20. The molecule has 3 heterocycles. The third-order valence-corrected chi connectivity index (χ3v) is 13.4. The molecule has 3 aromatic heterocycles. The molecule has 3 heteroatoms. The molecule has 0 saturated carbocycles. The molecular formula is C59H35N3. The first-order chi connectivity index (χ1) is 30.7. The van der Waals surface area contributed by atoms with Gasteiger partial charge in [0.05, 0.1) is 33.3 Å². The maximum Gasteiger partial charge on any atom is 0.0722 e. The first-order valence-electron chi connectivity index (χ1n) is 21.4. The zero-order valence-corrected chi connectivity index (χ0v) is 33.5. The summed E-state index contributed by atoms with van der Waals surface area (Å²) in [6.45, 7) is 0. The Kier molecular flexibility index (Phi) is 6.83. The van der Waals surface area contributed by atoms with Gasteiger partial charge >= 0.3 is 0 Å². The van der Waals surface area contributed by atoms with Crippen LogP contribution in [0.15, 0.2) is 212 Å². The molecule has 62 heavy (non-hydrogen) atoms. The lowest BCUT2D eigenvalue weighted by Crippen LogP contribution is -1.94. The number of hydrogen-bond donors (Lipinski definition) is 0. The van der Waals surface area contributed by atoms with Crippen LogP contribution in [0, 0.1) is 0 Å². The summed E-state index contributed by atoms with van der Waals surface area (Å²) in [7, 11) is 0. The van der Waals surface area contributed by atoms with Crippen molar-refractivity contribution in [3.8, 4) is 56.0 Å². The molecule has 10 aromatic carbocycles. The monoisotopic (exact) mass is 785 g/mol. The van der Waals surface area contributed by atoms with E-state index in [1.165, 1.54) is 110 Å². The third kappa shape index (κ3) is 4.73. The number of aromatic nitrogens is 3. The summed E-state index contributed by atoms with van der Waals surface area (Å²) in [6, 6.07) is 77.9. The minimum absolute atomic E-state index is 1.00. The first kappa shape index (κ1) is 33.5. The Morgan fingerprint density at radius 1 is 0.290 bits per heavy atom. The van der Waals surface area contributed by atoms with Crippen LogP contribution < -0.4 is 0 Å². The molecule has 0 atom stereocenters. The minimum Gasteiger partial charge on any atom is -0.309 e. The van der Waals surface area contributed by atoms with Crippen molar-refractivity contribution in [1.82, 2.24) is 14.1 Å². The number of rotatable bonds is 4. The summed E-state index contributed by atoms with van der Waals surface area (Å²) in [6.07, 6.45) is 0. The second-order valence-electron chi connectivity index (χ2n) is 16.7. The van der Waals surface area contributed by atoms with Crippen LogP contribution in [0.25, 0.3) is 132 Å². The van der Waals surface area contributed by atoms with Gasteiger partial charge in [-0.1, -0.05) is 133 Å². The van der Waals surface area contributed by atoms with Gasteiger partial charge in [-0.15, -0.1) is 0 Å². The number of hydrogen-bond acceptors (Lipinski definition) is 1. The highest BCUT2D eigenvalue weighted by molar-refractivity contribution is 6.22. The van der Waals surface area contributed by atoms with E-state index in [0.717, 1.165) is 22.5 Å². The predicted molar refractivity (Wildman–Crippen MR) is 261 cm³/mol. The molecule has 0 radical (unpaired) electrons. The third-order valence-electron chi connectivity index (χ3n) is 13.4. The lowest BCUT2D eigenvalue weighted by Gasteiger charge is -2.12. The Morgan fingerprint density at radius 2 is 0.903 bits per heavy atom. The molecule has 0 bridgehead atoms. The molecule has 286 valence electrons. The number of para-hydroxylation sites is 3. The van der Waals surface area contributed by atoms with Crippen molar-refractivity contribution in [2.24, 2.45) is 0 Å². The van der Waals surface area contributed by atoms with Crippen molar-refractivity contribution in [2.75, 3.05) is 0 Å². The Bertz CT molecular complexity index is 4040. The van der Waals surface area contributed by atoms with Gasteiger partial charge < -0.3 is 9.13 Å². The smallest absolute Gasteiger partial charge is 0.0722 e. The van der Waals surface area contributed by atoms with Crippen LogP contribution in [0.1, 0.15) is 0 Å². The number of fused-ring (bicyclic) bond motifs is 12. The molecule has 1 aliphatic carbocycles. The number of pyridine rings is 1. The zero-order chi connectivity index (χ0) is 40.5. The molecule has 0 N–H and O–H groups in total. The van der Waals surface area contributed by atoms with Gasteiger partial charge in [-0.25, -0.2) is 4.98 Å². The fraction of sp³-hybridized carbons (Fsp3) is 0. The molecule has 1 aliphatic rings. The van der Waals surface area contributed by atoms with Crippen molar-refractivity contribution in [2.45, 2.75) is 0 Å². The van der Waals surface area contributed by atoms with Crippen LogP contribution in [-0.2, 0) is 0 Å². The Hall–Kier alpha value is -8.27. The molecule has 0 fully saturated rings. The van der Waals surface area contributed by atoms with Crippen LogP contribution in [0.3, 0.4) is 0 Å². The van der Waals surface area contributed by atoms with Crippen molar-refractivity contribution < 1.29 is 0 Å². The van der Waals surface area contributed by atoms with Gasteiger partial charge in [0.25, 0.3) is 0 Å². The second-order valence-corrected chi connectivity index (χ2v) is 16.7. The average molecular weight is 786 g/mol. The van der Waals surface area contributed by atoms with Crippen molar-refractivity contribution >= 4 is 76.1 Å². The van der Waals surface area contributed by atoms with Crippen LogP contribution >= 0.6 is 0 Å². The molecule has 0 saturated heterocycles. The van der Waals surface area contributed by atoms with Crippen molar-refractivity contribution in [3.05, 3.63) is 212 Å². The van der Waals surface area contributed by atoms with E-state index in [9.17, 15) is 0 Å². The van der Waals surface area contributed by atoms with E-state index >= 15 is 0 Å². The standard InChI is InChI=1S/C59H35N3/c1-2-11-42(12-3-1)61-54-19-8-6-15-47(54)50-34-39(25-29-56(50)61)37-24-28-44-40(31-37)26-30-57-59(44)49-16-7-9-20-55(49)62(57)43-27-23-36-32-41(22-21-38(36)33-43)53-35-51-46-14-5-4-13-45(46)48-17-10-18-52(60-53)58(48)51/h1-35H. The lowest BCUT2D eigenvalue weighted by molar-refractivity contribution is 1.18. The number of nitrogens with zero attached hydrogens (tertiary/aromatic N) is 3. The van der Waals surface area contributed by atoms with E-state index in [0.29, 0.717) is 0 Å². The predicted octanol–water partition coefficient (Wildman–Crippen LogP) is 15.7. The molecular weight excluding hydrogens is 751 g/mol. The first-order valence-corrected chi connectivity index (χ1v) is 21.4. The average Bonchev–Trinajstić information content (AvgIpc) is 3.98. The SMILES string of the molecule is c1ccc(-n2c3ccccc3c3cc(-c4ccc5c(ccc6c5c5ccccc5n6-c5ccc6cc(-c7cc8c9c(cccc9n7)-c7ccccc7-8)ccc6c5)c4)ccc32)cc1. The van der Waals surface area contributed by atoms with Crippen LogP contribution in [0.4, 0.5) is 0 Å². The minimum atomic E-state index is 1.00. The zero-order valence-electron chi connectivity index (χ0n) is 33.5. The van der Waals surface area contributed by atoms with Gasteiger partial charge in [-0.2, -0.15) is 0 Å². The quantitative estimate of drug-likeness (QED) is 0.174. The molecule has 0 spiro atoms. The van der Waals surface area contributed by atoms with Gasteiger partial charge in [-0.05, 0) is 134 Å². The Labute approximate surface area is 357 Å². The highest BCUT2D eigenvalue weighted by atomic mass is 15.0. The Morgan fingerprint density at radius 3 is 1.79 bits per heavy atom. The largest absolute Gasteiger partial charge is 0.309 e. The fourth-order valence-electron chi connectivity index (χ4n) is 10.6. The maximum absolute atomic E-state index is 5.20. The van der Waals surface area contributed by atoms with E-state index in [2.05, 4.69) is 221 Å². The highest BCUT2D eigenvalue weighted by Gasteiger charge is 2.23. The normalized spacial score (nSPS) is 12.2. The topological polar surface area (TPSA) is 22.8 Å². The van der Waals surface area contributed by atoms with Crippen LogP contribution in [0.5, 0.6) is 0 Å². The second kappa shape index (κ2) is 12.6. The molecule has 3 nitrogen and oxygen atoms in total. The maximum atomic E-state index is 5.20. The van der Waals surface area contributed by atoms with E-state index in [-0.39, 0.29) is 0 Å². The summed E-state index contributed by atoms with van der Waals surface area (Å²) in [5.41, 5.74) is 17.9. The fourth-order valence-corrected chi connectivity index (χ4v) is 10.6. The molecule has 14 rings (SSSR count). The van der Waals surface area contributed by atoms with Gasteiger partial charge in [-0.3, -0.25) is 0 Å². The van der Waals surface area contributed by atoms with Gasteiger partial charge in [0.2, 0.25) is 0 Å². The molecule has 0 aliphatic heterocycles. The summed E-state index contributed by atoms with van der Waals surface area (Å²) in [5.74, 6) is 0. The molecule has 0 unspecified atom stereocenters. The molecule has 0 amide bonds. The van der Waals surface area contributed by atoms with E-state index < -0.39 is 0 Å². The lowest BCUT2D eigenvalue weighted by atomic mass is 9.97. The van der Waals surface area contributed by atoms with Crippen LogP contribution in [0.2, 0.25) is 0 Å². The highest BCUT2D eigenvalue weighted by Crippen LogP contribution is 2.48. The van der Waals surface area contributed by atoms with E-state index in [1.54, 1.807) is 0 Å². The van der Waals surface area contributed by atoms with E-state index in [1.807, 2.05) is 0 Å². The Balaban J connectivity index is 0.867. The van der Waals surface area contributed by atoms with Crippen molar-refractivity contribution in [3.63, 3.8) is 0 Å². The van der Waals surface area contributed by atoms with Crippen molar-refractivity contribution in [1.29, 1.82) is 0 Å².